The summed E-state index contributed by atoms with van der Waals surface area (Å²) in [5.41, 5.74) is 1.30. The quantitative estimate of drug-likeness (QED) is 0.615. The number of hydrogen-bond acceptors (Lipinski definition) is 0. The standard InChI is InChI=1S/C18H23F/c1-2-3-4-5-6-15-7-9-16(10-8-15)17-11-13-18(19)14-12-17/h3-6,11-16H,2,7-10H2,1H3/b4-3+,6-5+. The normalized spacial score (nSPS) is 24.3. The third kappa shape index (κ3) is 4.34. The summed E-state index contributed by atoms with van der Waals surface area (Å²) in [5, 5.41) is 0. The highest BCUT2D eigenvalue weighted by Crippen LogP contribution is 2.36. The van der Waals surface area contributed by atoms with E-state index in [1.807, 2.05) is 12.1 Å². The molecule has 0 saturated heterocycles. The summed E-state index contributed by atoms with van der Waals surface area (Å²) in [6.45, 7) is 2.15. The summed E-state index contributed by atoms with van der Waals surface area (Å²) in [7, 11) is 0. The first-order chi connectivity index (χ1) is 9.29. The van der Waals surface area contributed by atoms with E-state index in [-0.39, 0.29) is 5.82 Å². The molecule has 0 N–H and O–H groups in total. The Kier molecular flexibility index (Phi) is 5.38. The molecule has 0 amide bonds. The van der Waals surface area contributed by atoms with Crippen LogP contribution >= 0.6 is 0 Å². The lowest BCUT2D eigenvalue weighted by molar-refractivity contribution is 0.375. The van der Waals surface area contributed by atoms with Gasteiger partial charge in [-0.3, -0.25) is 0 Å². The van der Waals surface area contributed by atoms with E-state index >= 15 is 0 Å². The molecule has 0 bridgehead atoms. The molecule has 0 aromatic heterocycles. The maximum Gasteiger partial charge on any atom is 0.123 e. The SMILES string of the molecule is CC/C=C/C=C/C1CCC(c2ccc(F)cc2)CC1. The van der Waals surface area contributed by atoms with Gasteiger partial charge in [-0.15, -0.1) is 0 Å². The summed E-state index contributed by atoms with van der Waals surface area (Å²) in [5.74, 6) is 1.21. The van der Waals surface area contributed by atoms with Crippen molar-refractivity contribution in [1.29, 1.82) is 0 Å². The van der Waals surface area contributed by atoms with Gasteiger partial charge in [0.15, 0.2) is 0 Å². The lowest BCUT2D eigenvalue weighted by Crippen LogP contribution is -2.11. The molecular weight excluding hydrogens is 235 g/mol. The van der Waals surface area contributed by atoms with Crippen molar-refractivity contribution in [2.24, 2.45) is 5.92 Å². The predicted molar refractivity (Wildman–Crippen MR) is 79.7 cm³/mol. The fourth-order valence-corrected chi connectivity index (χ4v) is 2.82. The number of benzene rings is 1. The molecule has 1 heteroatoms. The molecule has 1 aromatic rings. The van der Waals surface area contributed by atoms with Crippen LogP contribution in [0.25, 0.3) is 0 Å². The van der Waals surface area contributed by atoms with Crippen molar-refractivity contribution < 1.29 is 4.39 Å². The Balaban J connectivity index is 1.83. The minimum absolute atomic E-state index is 0.136. The first-order valence-electron chi connectivity index (χ1n) is 7.38. The Morgan fingerprint density at radius 1 is 1.05 bits per heavy atom. The molecule has 0 atom stereocenters. The monoisotopic (exact) mass is 258 g/mol. The van der Waals surface area contributed by atoms with Gasteiger partial charge in [0.25, 0.3) is 0 Å². The topological polar surface area (TPSA) is 0 Å². The van der Waals surface area contributed by atoms with Crippen molar-refractivity contribution in [1.82, 2.24) is 0 Å². The van der Waals surface area contributed by atoms with Crippen molar-refractivity contribution in [3.05, 3.63) is 60.0 Å². The second kappa shape index (κ2) is 7.28. The fraction of sp³-hybridized carbons (Fsp3) is 0.444. The molecule has 1 fully saturated rings. The van der Waals surface area contributed by atoms with Crippen molar-refractivity contribution >= 4 is 0 Å². The first kappa shape index (κ1) is 14.0. The molecule has 19 heavy (non-hydrogen) atoms. The zero-order valence-corrected chi connectivity index (χ0v) is 11.7. The van der Waals surface area contributed by atoms with Crippen molar-refractivity contribution in [2.75, 3.05) is 0 Å². The molecule has 1 aliphatic rings. The predicted octanol–water partition coefficient (Wildman–Crippen LogP) is 5.62. The number of hydrogen-bond donors (Lipinski definition) is 0. The maximum atomic E-state index is 12.9. The van der Waals surface area contributed by atoms with E-state index in [1.165, 1.54) is 31.2 Å². The average Bonchev–Trinajstić information content (AvgIpc) is 2.45. The summed E-state index contributed by atoms with van der Waals surface area (Å²) >= 11 is 0. The van der Waals surface area contributed by atoms with E-state index in [2.05, 4.69) is 31.2 Å². The van der Waals surface area contributed by atoms with Crippen molar-refractivity contribution in [3.63, 3.8) is 0 Å². The van der Waals surface area contributed by atoms with Gasteiger partial charge in [0.05, 0.1) is 0 Å². The van der Waals surface area contributed by atoms with Gasteiger partial charge in [-0.05, 0) is 61.6 Å². The van der Waals surface area contributed by atoms with Gasteiger partial charge < -0.3 is 0 Å². The van der Waals surface area contributed by atoms with Gasteiger partial charge in [0.2, 0.25) is 0 Å². The Labute approximate surface area is 116 Å². The van der Waals surface area contributed by atoms with Crippen LogP contribution in [0.15, 0.2) is 48.6 Å². The lowest BCUT2D eigenvalue weighted by atomic mass is 9.78. The molecule has 1 aliphatic carbocycles. The zero-order chi connectivity index (χ0) is 13.5. The maximum absolute atomic E-state index is 12.9. The highest BCUT2D eigenvalue weighted by Gasteiger charge is 2.20. The summed E-state index contributed by atoms with van der Waals surface area (Å²) in [6.07, 6.45) is 14.9. The van der Waals surface area contributed by atoms with E-state index in [4.69, 9.17) is 0 Å². The molecule has 0 nitrogen and oxygen atoms in total. The van der Waals surface area contributed by atoms with Gasteiger partial charge in [0.1, 0.15) is 5.82 Å². The molecule has 0 radical (unpaired) electrons. The molecule has 0 unspecified atom stereocenters. The summed E-state index contributed by atoms with van der Waals surface area (Å²) < 4.78 is 12.9. The minimum Gasteiger partial charge on any atom is -0.207 e. The van der Waals surface area contributed by atoms with E-state index in [9.17, 15) is 4.39 Å². The Hall–Kier alpha value is -1.37. The van der Waals surface area contributed by atoms with E-state index in [0.29, 0.717) is 5.92 Å². The molecule has 102 valence electrons. The van der Waals surface area contributed by atoms with E-state index in [1.54, 1.807) is 12.1 Å². The molecule has 2 rings (SSSR count). The van der Waals surface area contributed by atoms with E-state index < -0.39 is 0 Å². The smallest absolute Gasteiger partial charge is 0.123 e. The van der Waals surface area contributed by atoms with E-state index in [0.717, 1.165) is 12.3 Å². The minimum atomic E-state index is -0.136. The zero-order valence-electron chi connectivity index (χ0n) is 11.7. The third-order valence-corrected chi connectivity index (χ3v) is 3.98. The van der Waals surface area contributed by atoms with Crippen LogP contribution in [-0.2, 0) is 0 Å². The second-order valence-corrected chi connectivity index (χ2v) is 5.38. The van der Waals surface area contributed by atoms with Crippen LogP contribution in [0.5, 0.6) is 0 Å². The summed E-state index contributed by atoms with van der Waals surface area (Å²) in [4.78, 5) is 0. The van der Waals surface area contributed by atoms with Gasteiger partial charge in [-0.25, -0.2) is 4.39 Å². The molecular formula is C18H23F. The Bertz CT molecular complexity index is 420. The first-order valence-corrected chi connectivity index (χ1v) is 7.38. The highest BCUT2D eigenvalue weighted by atomic mass is 19.1. The summed E-state index contributed by atoms with van der Waals surface area (Å²) in [6, 6.07) is 7.05. The third-order valence-electron chi connectivity index (χ3n) is 3.98. The van der Waals surface area contributed by atoms with Crippen LogP contribution in [0.4, 0.5) is 4.39 Å². The average molecular weight is 258 g/mol. The van der Waals surface area contributed by atoms with Crippen LogP contribution in [0, 0.1) is 11.7 Å². The number of rotatable bonds is 4. The Morgan fingerprint density at radius 2 is 1.74 bits per heavy atom. The van der Waals surface area contributed by atoms with Gasteiger partial charge in [0, 0.05) is 0 Å². The second-order valence-electron chi connectivity index (χ2n) is 5.38. The fourth-order valence-electron chi connectivity index (χ4n) is 2.82. The van der Waals surface area contributed by atoms with Crippen LogP contribution in [-0.4, -0.2) is 0 Å². The Morgan fingerprint density at radius 3 is 2.37 bits per heavy atom. The van der Waals surface area contributed by atoms with Crippen LogP contribution < -0.4 is 0 Å². The molecule has 1 saturated carbocycles. The molecule has 0 aliphatic heterocycles. The largest absolute Gasteiger partial charge is 0.207 e. The highest BCUT2D eigenvalue weighted by molar-refractivity contribution is 5.21. The molecule has 1 aromatic carbocycles. The lowest BCUT2D eigenvalue weighted by Gasteiger charge is -2.27. The van der Waals surface area contributed by atoms with Crippen LogP contribution in [0.3, 0.4) is 0 Å². The number of halogens is 1. The van der Waals surface area contributed by atoms with Gasteiger partial charge in [-0.2, -0.15) is 0 Å². The van der Waals surface area contributed by atoms with Crippen LogP contribution in [0.1, 0.15) is 50.5 Å². The molecule has 0 spiro atoms. The van der Waals surface area contributed by atoms with Crippen molar-refractivity contribution in [3.8, 4) is 0 Å². The number of allylic oxidation sites excluding steroid dienone is 4. The van der Waals surface area contributed by atoms with Gasteiger partial charge in [-0.1, -0.05) is 43.4 Å². The molecule has 0 heterocycles. The van der Waals surface area contributed by atoms with Gasteiger partial charge >= 0.3 is 0 Å². The van der Waals surface area contributed by atoms with Crippen molar-refractivity contribution in [2.45, 2.75) is 44.9 Å². The van der Waals surface area contributed by atoms with Crippen LogP contribution in [0.2, 0.25) is 0 Å².